The van der Waals surface area contributed by atoms with Crippen molar-refractivity contribution in [3.05, 3.63) is 63.9 Å². The second kappa shape index (κ2) is 6.04. The molecule has 2 heterocycles. The summed E-state index contributed by atoms with van der Waals surface area (Å²) in [5, 5.41) is 0. The average molecular weight is 332 g/mol. The number of nitrogens with zero attached hydrogens (tertiary/aromatic N) is 2. The van der Waals surface area contributed by atoms with Crippen molar-refractivity contribution in [3.8, 4) is 0 Å². The van der Waals surface area contributed by atoms with Gasteiger partial charge in [-0.25, -0.2) is 0 Å². The monoisotopic (exact) mass is 331 g/mol. The molecule has 1 aliphatic heterocycles. The second-order valence-electron chi connectivity index (χ2n) is 5.18. The maximum atomic E-state index is 6.03. The van der Waals surface area contributed by atoms with Crippen LogP contribution in [0.5, 0.6) is 0 Å². The zero-order valence-electron chi connectivity index (χ0n) is 11.3. The topological polar surface area (TPSA) is 42.1 Å². The zero-order valence-corrected chi connectivity index (χ0v) is 12.9. The normalized spacial score (nSPS) is 18.8. The van der Waals surface area contributed by atoms with Crippen molar-refractivity contribution in [3.63, 3.8) is 0 Å². The molecule has 0 fully saturated rings. The summed E-state index contributed by atoms with van der Waals surface area (Å²) in [6.07, 6.45) is 4.84. The van der Waals surface area contributed by atoms with E-state index < -0.39 is 0 Å². The number of benzene rings is 1. The summed E-state index contributed by atoms with van der Waals surface area (Å²) in [7, 11) is 0. The summed E-state index contributed by atoms with van der Waals surface area (Å²) < 4.78 is 1.02. The van der Waals surface area contributed by atoms with Crippen molar-refractivity contribution < 1.29 is 0 Å². The molecule has 2 aromatic rings. The number of rotatable bonds is 3. The number of hydrogen-bond acceptors (Lipinski definition) is 3. The number of pyridine rings is 1. The predicted molar refractivity (Wildman–Crippen MR) is 84.3 cm³/mol. The lowest BCUT2D eigenvalue weighted by atomic mass is 9.92. The highest BCUT2D eigenvalue weighted by molar-refractivity contribution is 9.10. The molecule has 1 aromatic carbocycles. The van der Waals surface area contributed by atoms with Gasteiger partial charge in [0.1, 0.15) is 0 Å². The van der Waals surface area contributed by atoms with Crippen LogP contribution in [-0.4, -0.2) is 23.0 Å². The van der Waals surface area contributed by atoms with E-state index in [2.05, 4.69) is 56.1 Å². The van der Waals surface area contributed by atoms with Crippen LogP contribution in [0, 0.1) is 0 Å². The minimum atomic E-state index is 0.305. The molecule has 3 nitrogen and oxygen atoms in total. The first kappa shape index (κ1) is 13.7. The Hall–Kier alpha value is -1.23. The van der Waals surface area contributed by atoms with Gasteiger partial charge < -0.3 is 5.73 Å². The lowest BCUT2D eigenvalue weighted by molar-refractivity contribution is 0.180. The van der Waals surface area contributed by atoms with Gasteiger partial charge in [0.25, 0.3) is 0 Å². The fourth-order valence-corrected chi connectivity index (χ4v) is 3.36. The Balaban J connectivity index is 1.84. The van der Waals surface area contributed by atoms with Crippen molar-refractivity contribution in [1.82, 2.24) is 9.88 Å². The van der Waals surface area contributed by atoms with Crippen LogP contribution in [-0.2, 0) is 13.0 Å². The number of aromatic nitrogens is 1. The van der Waals surface area contributed by atoms with E-state index in [1.165, 1.54) is 16.7 Å². The van der Waals surface area contributed by atoms with Crippen LogP contribution >= 0.6 is 15.9 Å². The van der Waals surface area contributed by atoms with Gasteiger partial charge in [-0.3, -0.25) is 9.88 Å². The van der Waals surface area contributed by atoms with Crippen molar-refractivity contribution in [2.24, 2.45) is 5.73 Å². The molecule has 1 aromatic heterocycles. The van der Waals surface area contributed by atoms with Gasteiger partial charge in [-0.05, 0) is 45.1 Å². The first-order valence-corrected chi connectivity index (χ1v) is 7.68. The molecule has 1 aliphatic rings. The summed E-state index contributed by atoms with van der Waals surface area (Å²) in [6, 6.07) is 11.1. The Kier molecular flexibility index (Phi) is 4.15. The summed E-state index contributed by atoms with van der Waals surface area (Å²) in [6.45, 7) is 2.59. The summed E-state index contributed by atoms with van der Waals surface area (Å²) in [5.41, 5.74) is 10.1. The number of fused-ring (bicyclic) bond motifs is 1. The van der Waals surface area contributed by atoms with Gasteiger partial charge in [0, 0.05) is 42.5 Å². The first-order valence-electron chi connectivity index (χ1n) is 6.89. The van der Waals surface area contributed by atoms with E-state index in [0.717, 1.165) is 24.0 Å². The lowest BCUT2D eigenvalue weighted by Crippen LogP contribution is -2.38. The third kappa shape index (κ3) is 2.77. The number of hydrogen-bond donors (Lipinski definition) is 1. The summed E-state index contributed by atoms with van der Waals surface area (Å²) >= 11 is 3.48. The van der Waals surface area contributed by atoms with Crippen LogP contribution in [0.3, 0.4) is 0 Å². The van der Waals surface area contributed by atoms with E-state index >= 15 is 0 Å². The van der Waals surface area contributed by atoms with E-state index in [9.17, 15) is 0 Å². The molecule has 0 radical (unpaired) electrons. The molecule has 3 rings (SSSR count). The van der Waals surface area contributed by atoms with Crippen LogP contribution < -0.4 is 5.73 Å². The Labute approximate surface area is 127 Å². The molecule has 20 heavy (non-hydrogen) atoms. The van der Waals surface area contributed by atoms with Crippen molar-refractivity contribution in [2.45, 2.75) is 19.0 Å². The van der Waals surface area contributed by atoms with Crippen molar-refractivity contribution in [1.29, 1.82) is 0 Å². The molecule has 0 bridgehead atoms. The fourth-order valence-electron chi connectivity index (χ4n) is 2.95. The maximum Gasteiger partial charge on any atom is 0.0476 e. The first-order chi connectivity index (χ1) is 9.78. The van der Waals surface area contributed by atoms with Crippen molar-refractivity contribution in [2.75, 3.05) is 13.1 Å². The third-order valence-corrected chi connectivity index (χ3v) is 4.33. The van der Waals surface area contributed by atoms with Crippen LogP contribution in [0.15, 0.2) is 47.2 Å². The predicted octanol–water partition coefficient (Wildman–Crippen LogP) is 2.90. The lowest BCUT2D eigenvalue weighted by Gasteiger charge is -2.36. The molecule has 0 saturated heterocycles. The van der Waals surface area contributed by atoms with Gasteiger partial charge >= 0.3 is 0 Å². The van der Waals surface area contributed by atoms with E-state index in [1.807, 2.05) is 12.4 Å². The SMILES string of the molecule is NCC1c2ccccc2CCN1Cc1cncc(Br)c1. The minimum Gasteiger partial charge on any atom is -0.329 e. The summed E-state index contributed by atoms with van der Waals surface area (Å²) in [5.74, 6) is 0. The molecule has 0 saturated carbocycles. The molecule has 0 amide bonds. The molecular weight excluding hydrogens is 314 g/mol. The van der Waals surface area contributed by atoms with Crippen LogP contribution in [0.1, 0.15) is 22.7 Å². The Morgan fingerprint density at radius 2 is 2.15 bits per heavy atom. The standard InChI is InChI=1S/C16H18BrN3/c17-14-7-12(9-19-10-14)11-20-6-5-13-3-1-2-4-15(13)16(20)8-18/h1-4,7,9-10,16H,5-6,8,11,18H2. The van der Waals surface area contributed by atoms with Crippen LogP contribution in [0.4, 0.5) is 0 Å². The van der Waals surface area contributed by atoms with Crippen LogP contribution in [0.25, 0.3) is 0 Å². The van der Waals surface area contributed by atoms with E-state index in [-0.39, 0.29) is 0 Å². The smallest absolute Gasteiger partial charge is 0.0476 e. The molecule has 2 N–H and O–H groups in total. The van der Waals surface area contributed by atoms with Gasteiger partial charge in [0.2, 0.25) is 0 Å². The minimum absolute atomic E-state index is 0.305. The van der Waals surface area contributed by atoms with E-state index in [1.54, 1.807) is 0 Å². The molecule has 0 spiro atoms. The highest BCUT2D eigenvalue weighted by Gasteiger charge is 2.25. The highest BCUT2D eigenvalue weighted by atomic mass is 79.9. The van der Waals surface area contributed by atoms with Gasteiger partial charge in [0.05, 0.1) is 0 Å². The Bertz CT molecular complexity index is 600. The van der Waals surface area contributed by atoms with Gasteiger partial charge in [0.15, 0.2) is 0 Å². The quantitative estimate of drug-likeness (QED) is 0.940. The fraction of sp³-hybridized carbons (Fsp3) is 0.312. The molecule has 1 unspecified atom stereocenters. The zero-order chi connectivity index (χ0) is 13.9. The number of halogens is 1. The van der Waals surface area contributed by atoms with E-state index in [4.69, 9.17) is 5.73 Å². The molecule has 104 valence electrons. The second-order valence-corrected chi connectivity index (χ2v) is 6.10. The molecule has 0 aliphatic carbocycles. The van der Waals surface area contributed by atoms with Gasteiger partial charge in [-0.2, -0.15) is 0 Å². The Morgan fingerprint density at radius 1 is 1.30 bits per heavy atom. The van der Waals surface area contributed by atoms with E-state index in [0.29, 0.717) is 12.6 Å². The van der Waals surface area contributed by atoms with Crippen LogP contribution in [0.2, 0.25) is 0 Å². The largest absolute Gasteiger partial charge is 0.329 e. The highest BCUT2D eigenvalue weighted by Crippen LogP contribution is 2.30. The maximum absolute atomic E-state index is 6.03. The molecule has 4 heteroatoms. The summed E-state index contributed by atoms with van der Waals surface area (Å²) in [4.78, 5) is 6.69. The van der Waals surface area contributed by atoms with Gasteiger partial charge in [-0.1, -0.05) is 24.3 Å². The molecular formula is C16H18BrN3. The van der Waals surface area contributed by atoms with Gasteiger partial charge in [-0.15, -0.1) is 0 Å². The van der Waals surface area contributed by atoms with Crippen molar-refractivity contribution >= 4 is 15.9 Å². The molecule has 1 atom stereocenters. The Morgan fingerprint density at radius 3 is 2.95 bits per heavy atom. The third-order valence-electron chi connectivity index (χ3n) is 3.89. The number of nitrogens with two attached hydrogens (primary N) is 1. The average Bonchev–Trinajstić information content (AvgIpc) is 2.47.